The Morgan fingerprint density at radius 3 is 2.52 bits per heavy atom. The molecule has 3 rings (SSSR count). The molecule has 154 valence electrons. The van der Waals surface area contributed by atoms with Gasteiger partial charge in [0.15, 0.2) is 0 Å². The van der Waals surface area contributed by atoms with Crippen LogP contribution in [0.2, 0.25) is 0 Å². The van der Waals surface area contributed by atoms with Crippen molar-refractivity contribution in [3.63, 3.8) is 0 Å². The molecule has 0 spiro atoms. The van der Waals surface area contributed by atoms with E-state index in [1.807, 2.05) is 26.2 Å². The minimum absolute atomic E-state index is 0. The fourth-order valence-corrected chi connectivity index (χ4v) is 4.58. The van der Waals surface area contributed by atoms with Gasteiger partial charge >= 0.3 is 0 Å². The lowest BCUT2D eigenvalue weighted by molar-refractivity contribution is -0.225. The van der Waals surface area contributed by atoms with Gasteiger partial charge in [-0.25, -0.2) is 0 Å². The summed E-state index contributed by atoms with van der Waals surface area (Å²) in [4.78, 5) is 15.2. The number of carbonyl (C=O) groups excluding carboxylic acids is 1. The molecule has 0 radical (unpaired) electrons. The van der Waals surface area contributed by atoms with Gasteiger partial charge in [-0.2, -0.15) is 0 Å². The maximum Gasteiger partial charge on any atom is 0.241 e. The predicted octanol–water partition coefficient (Wildman–Crippen LogP) is 2.74. The van der Waals surface area contributed by atoms with Crippen molar-refractivity contribution in [3.05, 3.63) is 35.4 Å². The minimum atomic E-state index is -0.853. The number of hydrogen-bond acceptors (Lipinski definition) is 4. The Morgan fingerprint density at radius 2 is 1.89 bits per heavy atom. The van der Waals surface area contributed by atoms with E-state index in [0.717, 1.165) is 31.6 Å². The number of nitrogens with zero attached hydrogens (tertiary/aromatic N) is 1. The Balaban J connectivity index is 0.00000182. The van der Waals surface area contributed by atoms with Crippen molar-refractivity contribution >= 4 is 30.7 Å². The van der Waals surface area contributed by atoms with Crippen molar-refractivity contribution in [1.82, 2.24) is 10.2 Å². The van der Waals surface area contributed by atoms with Crippen LogP contribution in [0.25, 0.3) is 0 Å². The summed E-state index contributed by atoms with van der Waals surface area (Å²) >= 11 is 0. The Morgan fingerprint density at radius 1 is 1.26 bits per heavy atom. The highest BCUT2D eigenvalue weighted by molar-refractivity contribution is 5.89. The van der Waals surface area contributed by atoms with Gasteiger partial charge in [0.25, 0.3) is 0 Å². The standard InChI is InChI=1S/C20H31N3O2.2ClH/c1-19(2)17-16(10-7-11-25-17)20(19,21)18(24)22-12-14-8-5-6-9-15(14)13-23(3)4;;/h5-6,8-9,16-17H,7,10-13,21H2,1-4H3,(H,22,24);2*1H. The predicted molar refractivity (Wildman–Crippen MR) is 113 cm³/mol. The first kappa shape index (κ1) is 24.2. The quantitative estimate of drug-likeness (QED) is 0.772. The molecule has 1 aliphatic heterocycles. The number of carbonyl (C=O) groups is 1. The molecule has 1 amide bonds. The van der Waals surface area contributed by atoms with Crippen LogP contribution in [0, 0.1) is 11.3 Å². The number of rotatable bonds is 5. The van der Waals surface area contributed by atoms with Gasteiger partial charge in [0.2, 0.25) is 5.91 Å². The van der Waals surface area contributed by atoms with Gasteiger partial charge in [-0.15, -0.1) is 24.8 Å². The van der Waals surface area contributed by atoms with Crippen LogP contribution < -0.4 is 11.1 Å². The summed E-state index contributed by atoms with van der Waals surface area (Å²) in [6.07, 6.45) is 2.04. The molecular weight excluding hydrogens is 385 g/mol. The molecule has 27 heavy (non-hydrogen) atoms. The van der Waals surface area contributed by atoms with E-state index in [0.29, 0.717) is 6.54 Å². The van der Waals surface area contributed by atoms with E-state index in [1.54, 1.807) is 0 Å². The molecule has 5 nitrogen and oxygen atoms in total. The zero-order valence-corrected chi connectivity index (χ0v) is 18.3. The number of ether oxygens (including phenoxy) is 1. The summed E-state index contributed by atoms with van der Waals surface area (Å²) in [5.74, 6) is 0.0668. The van der Waals surface area contributed by atoms with E-state index in [4.69, 9.17) is 10.5 Å². The molecule has 1 heterocycles. The van der Waals surface area contributed by atoms with E-state index in [1.165, 1.54) is 5.56 Å². The van der Waals surface area contributed by atoms with Crippen LogP contribution in [-0.4, -0.2) is 43.2 Å². The van der Waals surface area contributed by atoms with Crippen LogP contribution >= 0.6 is 24.8 Å². The molecule has 3 N–H and O–H groups in total. The third-order valence-corrected chi connectivity index (χ3v) is 6.10. The summed E-state index contributed by atoms with van der Waals surface area (Å²) in [5, 5.41) is 3.11. The fourth-order valence-electron chi connectivity index (χ4n) is 4.58. The van der Waals surface area contributed by atoms with Crippen LogP contribution in [0.4, 0.5) is 0 Å². The Kier molecular flexibility index (Phi) is 8.15. The average Bonchev–Trinajstić information content (AvgIpc) is 2.59. The highest BCUT2D eigenvalue weighted by Gasteiger charge is 2.70. The van der Waals surface area contributed by atoms with Crippen molar-refractivity contribution < 1.29 is 9.53 Å². The summed E-state index contributed by atoms with van der Waals surface area (Å²) in [6, 6.07) is 8.23. The Hall–Kier alpha value is -0.850. The third-order valence-electron chi connectivity index (χ3n) is 6.10. The van der Waals surface area contributed by atoms with Gasteiger partial charge in [-0.3, -0.25) is 4.79 Å². The highest BCUT2D eigenvalue weighted by Crippen LogP contribution is 2.57. The topological polar surface area (TPSA) is 67.6 Å². The smallest absolute Gasteiger partial charge is 0.241 e. The molecular formula is C20H33Cl2N3O2. The van der Waals surface area contributed by atoms with Gasteiger partial charge in [0.05, 0.1) is 6.10 Å². The minimum Gasteiger partial charge on any atom is -0.377 e. The van der Waals surface area contributed by atoms with Crippen LogP contribution in [0.1, 0.15) is 37.8 Å². The first-order valence-electron chi connectivity index (χ1n) is 9.18. The number of amides is 1. The first-order chi connectivity index (χ1) is 11.8. The highest BCUT2D eigenvalue weighted by atomic mass is 35.5. The van der Waals surface area contributed by atoms with Gasteiger partial charge in [0.1, 0.15) is 5.54 Å². The van der Waals surface area contributed by atoms with Crippen molar-refractivity contribution in [1.29, 1.82) is 0 Å². The van der Waals surface area contributed by atoms with Gasteiger partial charge in [-0.05, 0) is 38.1 Å². The molecule has 0 aromatic heterocycles. The Bertz CT molecular complexity index is 654. The van der Waals surface area contributed by atoms with Crippen molar-refractivity contribution in [2.45, 2.75) is 51.4 Å². The second kappa shape index (κ2) is 9.10. The Labute approximate surface area is 175 Å². The summed E-state index contributed by atoms with van der Waals surface area (Å²) < 4.78 is 5.90. The van der Waals surface area contributed by atoms with Gasteiger partial charge < -0.3 is 20.7 Å². The van der Waals surface area contributed by atoms with E-state index < -0.39 is 5.54 Å². The largest absolute Gasteiger partial charge is 0.377 e. The molecule has 1 aromatic rings. The maximum absolute atomic E-state index is 13.0. The van der Waals surface area contributed by atoms with E-state index in [9.17, 15) is 4.79 Å². The van der Waals surface area contributed by atoms with Crippen LogP contribution in [0.3, 0.4) is 0 Å². The number of hydrogen-bond donors (Lipinski definition) is 2. The third kappa shape index (κ3) is 4.13. The van der Waals surface area contributed by atoms with Gasteiger partial charge in [-0.1, -0.05) is 38.1 Å². The lowest BCUT2D eigenvalue weighted by Gasteiger charge is -2.65. The lowest BCUT2D eigenvalue weighted by atomic mass is 9.46. The summed E-state index contributed by atoms with van der Waals surface area (Å²) in [6.45, 7) is 6.25. The zero-order chi connectivity index (χ0) is 18.2. The van der Waals surface area contributed by atoms with Crippen LogP contribution in [0.15, 0.2) is 24.3 Å². The molecule has 7 heteroatoms. The monoisotopic (exact) mass is 417 g/mol. The van der Waals surface area contributed by atoms with Crippen molar-refractivity contribution in [3.8, 4) is 0 Å². The zero-order valence-electron chi connectivity index (χ0n) is 16.7. The second-order valence-corrected chi connectivity index (χ2v) is 8.32. The normalized spacial score (nSPS) is 28.2. The summed E-state index contributed by atoms with van der Waals surface area (Å²) in [5.41, 5.74) is 7.83. The molecule has 1 aromatic carbocycles. The average molecular weight is 418 g/mol. The lowest BCUT2D eigenvalue weighted by Crippen LogP contribution is -2.82. The number of halogens is 2. The number of benzene rings is 1. The number of nitrogens with two attached hydrogens (primary N) is 1. The van der Waals surface area contributed by atoms with Crippen LogP contribution in [0.5, 0.6) is 0 Å². The molecule has 2 aliphatic rings. The van der Waals surface area contributed by atoms with Crippen molar-refractivity contribution in [2.24, 2.45) is 17.1 Å². The van der Waals surface area contributed by atoms with E-state index in [2.05, 4.69) is 36.2 Å². The fraction of sp³-hybridized carbons (Fsp3) is 0.650. The number of nitrogens with one attached hydrogen (secondary N) is 1. The van der Waals surface area contributed by atoms with Gasteiger partial charge in [0, 0.05) is 31.0 Å². The molecule has 3 atom stereocenters. The number of fused-ring (bicyclic) bond motifs is 1. The van der Waals surface area contributed by atoms with E-state index >= 15 is 0 Å². The SMILES string of the molecule is CN(C)Cc1ccccc1CNC(=O)C1(N)C2CCCOC2C1(C)C.Cl.Cl. The maximum atomic E-state index is 13.0. The molecule has 1 aliphatic carbocycles. The van der Waals surface area contributed by atoms with Crippen molar-refractivity contribution in [2.75, 3.05) is 20.7 Å². The van der Waals surface area contributed by atoms with E-state index in [-0.39, 0.29) is 48.2 Å². The first-order valence-corrected chi connectivity index (χ1v) is 9.18. The second-order valence-electron chi connectivity index (χ2n) is 8.32. The molecule has 1 saturated carbocycles. The molecule has 2 fully saturated rings. The molecule has 0 bridgehead atoms. The van der Waals surface area contributed by atoms with Crippen LogP contribution in [-0.2, 0) is 22.6 Å². The molecule has 3 unspecified atom stereocenters. The summed E-state index contributed by atoms with van der Waals surface area (Å²) in [7, 11) is 4.09. The molecule has 1 saturated heterocycles.